The van der Waals surface area contributed by atoms with E-state index in [-0.39, 0.29) is 7.43 Å². The van der Waals surface area contributed by atoms with E-state index in [1.165, 1.54) is 37.7 Å². The predicted molar refractivity (Wildman–Crippen MR) is 111 cm³/mol. The molecule has 0 fully saturated rings. The molecular weight excluding hydrogens is 276 g/mol. The molecule has 1 rings (SSSR count). The first-order chi connectivity index (χ1) is 10.6. The fraction of sp³-hybridized carbons (Fsp3) is 0.652. The van der Waals surface area contributed by atoms with Crippen LogP contribution in [-0.4, -0.2) is 0 Å². The summed E-state index contributed by atoms with van der Waals surface area (Å²) in [5.74, 6) is 1.64. The van der Waals surface area contributed by atoms with Crippen LogP contribution < -0.4 is 0 Å². The van der Waals surface area contributed by atoms with Gasteiger partial charge in [-0.05, 0) is 36.7 Å². The smallest absolute Gasteiger partial charge is 0.0193 e. The van der Waals surface area contributed by atoms with Gasteiger partial charge in [-0.15, -0.1) is 0 Å². The Morgan fingerprint density at radius 1 is 0.739 bits per heavy atom. The Labute approximate surface area is 148 Å². The molecule has 0 nitrogen and oxygen atoms in total. The molecule has 0 spiro atoms. The van der Waals surface area contributed by atoms with Gasteiger partial charge in [0.15, 0.2) is 0 Å². The zero-order chi connectivity index (χ0) is 17.2. The number of benzene rings is 1. The Bertz CT molecular complexity index is 313. The van der Waals surface area contributed by atoms with Gasteiger partial charge >= 0.3 is 0 Å². The lowest BCUT2D eigenvalue weighted by Gasteiger charge is -2.06. The van der Waals surface area contributed by atoms with Crippen LogP contribution in [0.15, 0.2) is 42.5 Å². The van der Waals surface area contributed by atoms with Gasteiger partial charge in [-0.25, -0.2) is 0 Å². The molecule has 1 aromatic rings. The van der Waals surface area contributed by atoms with Gasteiger partial charge in [0.25, 0.3) is 0 Å². The molecule has 0 heteroatoms. The van der Waals surface area contributed by atoms with Crippen molar-refractivity contribution in [2.45, 2.75) is 93.9 Å². The molecule has 0 saturated heterocycles. The Morgan fingerprint density at radius 2 is 1.17 bits per heavy atom. The Hall–Kier alpha value is -1.04. The molecule has 1 atom stereocenters. The molecule has 1 aromatic carbocycles. The molecule has 23 heavy (non-hydrogen) atoms. The minimum atomic E-state index is 0. The van der Waals surface area contributed by atoms with Crippen LogP contribution >= 0.6 is 0 Å². The first-order valence-corrected chi connectivity index (χ1v) is 9.26. The molecule has 0 saturated carbocycles. The first kappa shape index (κ1) is 26.8. The van der Waals surface area contributed by atoms with Crippen molar-refractivity contribution in [1.82, 2.24) is 0 Å². The van der Waals surface area contributed by atoms with Crippen LogP contribution in [0.25, 0.3) is 0 Å². The minimum Gasteiger partial charge on any atom is -0.0888 e. The van der Waals surface area contributed by atoms with Gasteiger partial charge in [0.05, 0.1) is 0 Å². The highest BCUT2D eigenvalue weighted by Crippen LogP contribution is 2.16. The molecule has 0 N–H and O–H groups in total. The first-order valence-electron chi connectivity index (χ1n) is 9.26. The summed E-state index contributed by atoms with van der Waals surface area (Å²) in [6, 6.07) is 10.6. The van der Waals surface area contributed by atoms with E-state index in [2.05, 4.69) is 91.0 Å². The highest BCUT2D eigenvalue weighted by atomic mass is 14.0. The fourth-order valence-corrected chi connectivity index (χ4v) is 1.64. The molecule has 0 heterocycles. The summed E-state index contributed by atoms with van der Waals surface area (Å²) in [6.45, 7) is 15.5. The molecule has 1 unspecified atom stereocenters. The van der Waals surface area contributed by atoms with Crippen LogP contribution in [0.1, 0.15) is 99.5 Å². The van der Waals surface area contributed by atoms with E-state index in [4.69, 9.17) is 0 Å². The number of hydrogen-bond acceptors (Lipinski definition) is 0. The van der Waals surface area contributed by atoms with E-state index in [9.17, 15) is 0 Å². The van der Waals surface area contributed by atoms with Gasteiger partial charge < -0.3 is 0 Å². The van der Waals surface area contributed by atoms with E-state index >= 15 is 0 Å². The standard InChI is InChI=1S/C10H14.C6H14.C6H12.CH4/c1-3-9(2)10-7-5-4-6-8-10;1-4-6(3)5-2;1-3-5-6-4-2;/h4-9H,3H2,1-2H3;6H,4-5H2,1-3H3;5-6H,3-4H2,1-2H3;1H4. The maximum Gasteiger partial charge on any atom is -0.0193 e. The maximum absolute atomic E-state index is 2.28. The number of hydrogen-bond donors (Lipinski definition) is 0. The van der Waals surface area contributed by atoms with Gasteiger partial charge in [0.1, 0.15) is 0 Å². The summed E-state index contributed by atoms with van der Waals surface area (Å²) in [7, 11) is 0. The van der Waals surface area contributed by atoms with Crippen LogP contribution in [-0.2, 0) is 0 Å². The molecular formula is C23H44. The summed E-state index contributed by atoms with van der Waals surface area (Å²) in [4.78, 5) is 0. The molecule has 0 radical (unpaired) electrons. The van der Waals surface area contributed by atoms with Crippen LogP contribution in [0, 0.1) is 5.92 Å². The molecule has 0 amide bonds. The lowest BCUT2D eigenvalue weighted by Crippen LogP contribution is -1.88. The predicted octanol–water partition coefficient (Wildman–Crippen LogP) is 8.64. The lowest BCUT2D eigenvalue weighted by atomic mass is 9.99. The largest absolute Gasteiger partial charge is 0.0888 e. The van der Waals surface area contributed by atoms with Gasteiger partial charge in [0, 0.05) is 0 Å². The summed E-state index contributed by atoms with van der Waals surface area (Å²) in [5, 5.41) is 0. The average molecular weight is 321 g/mol. The van der Waals surface area contributed by atoms with Crippen molar-refractivity contribution in [3.05, 3.63) is 48.0 Å². The fourth-order valence-electron chi connectivity index (χ4n) is 1.64. The van der Waals surface area contributed by atoms with Crippen molar-refractivity contribution in [3.63, 3.8) is 0 Å². The van der Waals surface area contributed by atoms with Crippen molar-refractivity contribution in [1.29, 1.82) is 0 Å². The molecule has 0 aliphatic rings. The Kier molecular flexibility index (Phi) is 24.5. The molecule has 0 bridgehead atoms. The quantitative estimate of drug-likeness (QED) is 0.460. The second kappa shape index (κ2) is 21.0. The topological polar surface area (TPSA) is 0 Å². The van der Waals surface area contributed by atoms with E-state index in [1.54, 1.807) is 0 Å². The van der Waals surface area contributed by atoms with Gasteiger partial charge in [-0.3, -0.25) is 0 Å². The third-order valence-corrected chi connectivity index (χ3v) is 4.01. The van der Waals surface area contributed by atoms with Crippen molar-refractivity contribution in [2.24, 2.45) is 5.92 Å². The highest BCUT2D eigenvalue weighted by molar-refractivity contribution is 5.18. The third-order valence-electron chi connectivity index (χ3n) is 4.01. The Morgan fingerprint density at radius 3 is 1.43 bits per heavy atom. The van der Waals surface area contributed by atoms with Crippen molar-refractivity contribution in [2.75, 3.05) is 0 Å². The van der Waals surface area contributed by atoms with Gasteiger partial charge in [0.2, 0.25) is 0 Å². The minimum absolute atomic E-state index is 0. The van der Waals surface area contributed by atoms with Crippen LogP contribution in [0.2, 0.25) is 0 Å². The van der Waals surface area contributed by atoms with Crippen LogP contribution in [0.5, 0.6) is 0 Å². The van der Waals surface area contributed by atoms with Crippen molar-refractivity contribution < 1.29 is 0 Å². The molecule has 0 aromatic heterocycles. The summed E-state index contributed by atoms with van der Waals surface area (Å²) in [6.07, 6.45) is 10.6. The zero-order valence-corrected chi connectivity index (χ0v) is 16.2. The lowest BCUT2D eigenvalue weighted by molar-refractivity contribution is 0.544. The molecule has 0 aliphatic heterocycles. The average Bonchev–Trinajstić information content (AvgIpc) is 2.60. The van der Waals surface area contributed by atoms with E-state index in [1.807, 2.05) is 0 Å². The summed E-state index contributed by atoms with van der Waals surface area (Å²) < 4.78 is 0. The van der Waals surface area contributed by atoms with Crippen molar-refractivity contribution in [3.8, 4) is 0 Å². The summed E-state index contributed by atoms with van der Waals surface area (Å²) in [5.41, 5.74) is 1.45. The molecule has 0 aliphatic carbocycles. The Balaban J connectivity index is -0.000000271. The molecule has 136 valence electrons. The van der Waals surface area contributed by atoms with Crippen LogP contribution in [0.4, 0.5) is 0 Å². The van der Waals surface area contributed by atoms with Gasteiger partial charge in [-0.1, -0.05) is 111 Å². The van der Waals surface area contributed by atoms with Crippen molar-refractivity contribution >= 4 is 0 Å². The third kappa shape index (κ3) is 18.9. The monoisotopic (exact) mass is 320 g/mol. The summed E-state index contributed by atoms with van der Waals surface area (Å²) >= 11 is 0. The second-order valence-corrected chi connectivity index (χ2v) is 5.93. The van der Waals surface area contributed by atoms with E-state index in [0.717, 1.165) is 5.92 Å². The normalized spacial score (nSPS) is 11.0. The van der Waals surface area contributed by atoms with Gasteiger partial charge in [-0.2, -0.15) is 0 Å². The second-order valence-electron chi connectivity index (χ2n) is 5.93. The number of allylic oxidation sites excluding steroid dienone is 2. The highest BCUT2D eigenvalue weighted by Gasteiger charge is 1.98. The maximum atomic E-state index is 2.28. The number of rotatable bonds is 6. The zero-order valence-electron chi connectivity index (χ0n) is 16.2. The van der Waals surface area contributed by atoms with E-state index < -0.39 is 0 Å². The SMILES string of the molecule is C.CCC(C)CC.CCC(C)c1ccccc1.CCC=CCC. The van der Waals surface area contributed by atoms with Crippen LogP contribution in [0.3, 0.4) is 0 Å². The van der Waals surface area contributed by atoms with E-state index in [0.29, 0.717) is 5.92 Å².